The van der Waals surface area contributed by atoms with Crippen LogP contribution >= 0.6 is 11.6 Å². The van der Waals surface area contributed by atoms with E-state index in [-0.39, 0.29) is 11.1 Å². The highest BCUT2D eigenvalue weighted by atomic mass is 35.5. The first-order valence-electron chi connectivity index (χ1n) is 5.89. The Labute approximate surface area is 110 Å². The lowest BCUT2D eigenvalue weighted by molar-refractivity contribution is -0.137. The van der Waals surface area contributed by atoms with Crippen LogP contribution in [0.4, 0.5) is 18.9 Å². The molecular weight excluding hydrogens is 263 g/mol. The zero-order valence-corrected chi connectivity index (χ0v) is 10.8. The summed E-state index contributed by atoms with van der Waals surface area (Å²) in [5.41, 5.74) is -0.336. The fourth-order valence-corrected chi connectivity index (χ4v) is 2.84. The summed E-state index contributed by atoms with van der Waals surface area (Å²) >= 11 is 5.88. The third-order valence-electron chi connectivity index (χ3n) is 3.33. The Hall–Kier alpha value is -0.900. The fraction of sp³-hybridized carbons (Fsp3) is 0.538. The van der Waals surface area contributed by atoms with Crippen LogP contribution in [0.3, 0.4) is 0 Å². The van der Waals surface area contributed by atoms with E-state index in [0.717, 1.165) is 18.9 Å². The van der Waals surface area contributed by atoms with E-state index in [4.69, 9.17) is 11.6 Å². The molecule has 2 rings (SSSR count). The van der Waals surface area contributed by atoms with Gasteiger partial charge in [-0.3, -0.25) is 0 Å². The van der Waals surface area contributed by atoms with Gasteiger partial charge in [-0.1, -0.05) is 12.1 Å². The molecule has 0 spiro atoms. The van der Waals surface area contributed by atoms with E-state index in [1.165, 1.54) is 12.1 Å². The van der Waals surface area contributed by atoms with Crippen LogP contribution in [-0.2, 0) is 6.18 Å². The molecule has 18 heavy (non-hydrogen) atoms. The minimum Gasteiger partial charge on any atom is -0.374 e. The SMILES string of the molecule is CN(CC1CC(Cl)C1)c1ccccc1C(F)(F)F. The van der Waals surface area contributed by atoms with Gasteiger partial charge in [0.15, 0.2) is 0 Å². The summed E-state index contributed by atoms with van der Waals surface area (Å²) in [5.74, 6) is 0.402. The third kappa shape index (κ3) is 2.91. The van der Waals surface area contributed by atoms with E-state index in [0.29, 0.717) is 12.5 Å². The largest absolute Gasteiger partial charge is 0.418 e. The number of para-hydroxylation sites is 1. The minimum atomic E-state index is -4.31. The quantitative estimate of drug-likeness (QED) is 0.750. The highest BCUT2D eigenvalue weighted by Crippen LogP contribution is 2.38. The van der Waals surface area contributed by atoms with E-state index in [2.05, 4.69) is 0 Å². The molecule has 0 N–H and O–H groups in total. The monoisotopic (exact) mass is 277 g/mol. The number of halogens is 4. The molecule has 0 heterocycles. The third-order valence-corrected chi connectivity index (χ3v) is 3.69. The zero-order chi connectivity index (χ0) is 13.3. The maximum Gasteiger partial charge on any atom is 0.418 e. The molecule has 1 fully saturated rings. The highest BCUT2D eigenvalue weighted by molar-refractivity contribution is 6.21. The number of anilines is 1. The number of benzene rings is 1. The van der Waals surface area contributed by atoms with Gasteiger partial charge in [-0.25, -0.2) is 0 Å². The van der Waals surface area contributed by atoms with Gasteiger partial charge in [-0.2, -0.15) is 13.2 Å². The minimum absolute atomic E-state index is 0.196. The Kier molecular flexibility index (Phi) is 3.76. The van der Waals surface area contributed by atoms with Gasteiger partial charge >= 0.3 is 6.18 Å². The summed E-state index contributed by atoms with van der Waals surface area (Å²) in [7, 11) is 1.70. The average Bonchev–Trinajstić information content (AvgIpc) is 2.26. The van der Waals surface area contributed by atoms with Crippen molar-refractivity contribution in [1.82, 2.24) is 0 Å². The lowest BCUT2D eigenvalue weighted by Gasteiger charge is -2.35. The summed E-state index contributed by atoms with van der Waals surface area (Å²) in [4.78, 5) is 1.68. The second-order valence-electron chi connectivity index (χ2n) is 4.83. The molecule has 1 aliphatic rings. The standard InChI is InChI=1S/C13H15ClF3N/c1-18(8-9-6-10(14)7-9)12-5-3-2-4-11(12)13(15,16)17/h2-5,9-10H,6-8H2,1H3. The number of nitrogens with zero attached hydrogens (tertiary/aromatic N) is 1. The second-order valence-corrected chi connectivity index (χ2v) is 5.45. The van der Waals surface area contributed by atoms with E-state index in [9.17, 15) is 13.2 Å². The first-order chi connectivity index (χ1) is 8.38. The Morgan fingerprint density at radius 1 is 1.28 bits per heavy atom. The summed E-state index contributed by atoms with van der Waals surface area (Å²) in [6.45, 7) is 0.621. The normalized spacial score (nSPS) is 23.6. The Balaban J connectivity index is 2.12. The lowest BCUT2D eigenvalue weighted by atomic mass is 9.84. The zero-order valence-electron chi connectivity index (χ0n) is 10.0. The van der Waals surface area contributed by atoms with Crippen molar-refractivity contribution in [2.24, 2.45) is 5.92 Å². The van der Waals surface area contributed by atoms with Gasteiger partial charge in [-0.05, 0) is 30.9 Å². The van der Waals surface area contributed by atoms with Crippen LogP contribution in [0.5, 0.6) is 0 Å². The molecule has 1 saturated carbocycles. The van der Waals surface area contributed by atoms with Crippen LogP contribution in [0.1, 0.15) is 18.4 Å². The van der Waals surface area contributed by atoms with Crippen molar-refractivity contribution >= 4 is 17.3 Å². The van der Waals surface area contributed by atoms with Crippen LogP contribution in [-0.4, -0.2) is 19.0 Å². The Bertz CT molecular complexity index is 413. The number of hydrogen-bond acceptors (Lipinski definition) is 1. The van der Waals surface area contributed by atoms with Crippen LogP contribution in [0.15, 0.2) is 24.3 Å². The first-order valence-corrected chi connectivity index (χ1v) is 6.33. The highest BCUT2D eigenvalue weighted by Gasteiger charge is 2.35. The summed E-state index contributed by atoms with van der Waals surface area (Å²) in [6, 6.07) is 5.68. The number of alkyl halides is 4. The van der Waals surface area contributed by atoms with E-state index < -0.39 is 11.7 Å². The first kappa shape index (κ1) is 13.5. The topological polar surface area (TPSA) is 3.24 Å². The van der Waals surface area contributed by atoms with Gasteiger partial charge in [0, 0.05) is 24.7 Å². The van der Waals surface area contributed by atoms with Crippen molar-refractivity contribution in [3.05, 3.63) is 29.8 Å². The van der Waals surface area contributed by atoms with Gasteiger partial charge in [0.2, 0.25) is 0 Å². The summed E-state index contributed by atoms with van der Waals surface area (Å²) in [5, 5.41) is 0.196. The molecule has 1 aromatic rings. The molecule has 0 aromatic heterocycles. The maximum atomic E-state index is 12.9. The van der Waals surface area contributed by atoms with E-state index in [1.807, 2.05) is 0 Å². The van der Waals surface area contributed by atoms with Crippen LogP contribution in [0.25, 0.3) is 0 Å². The van der Waals surface area contributed by atoms with Crippen LogP contribution < -0.4 is 4.90 Å². The van der Waals surface area contributed by atoms with Crippen molar-refractivity contribution in [1.29, 1.82) is 0 Å². The molecule has 5 heteroatoms. The van der Waals surface area contributed by atoms with Crippen molar-refractivity contribution in [3.8, 4) is 0 Å². The van der Waals surface area contributed by atoms with Crippen LogP contribution in [0, 0.1) is 5.92 Å². The Morgan fingerprint density at radius 3 is 2.44 bits per heavy atom. The average molecular weight is 278 g/mol. The van der Waals surface area contributed by atoms with Crippen molar-refractivity contribution in [2.45, 2.75) is 24.4 Å². The molecule has 0 saturated heterocycles. The predicted molar refractivity (Wildman–Crippen MR) is 67.1 cm³/mol. The molecule has 0 aliphatic heterocycles. The van der Waals surface area contributed by atoms with Crippen molar-refractivity contribution in [2.75, 3.05) is 18.5 Å². The van der Waals surface area contributed by atoms with Crippen molar-refractivity contribution < 1.29 is 13.2 Å². The Morgan fingerprint density at radius 2 is 1.89 bits per heavy atom. The molecule has 1 aromatic carbocycles. The van der Waals surface area contributed by atoms with E-state index >= 15 is 0 Å². The molecule has 0 bridgehead atoms. The van der Waals surface area contributed by atoms with Gasteiger partial charge in [-0.15, -0.1) is 11.6 Å². The second kappa shape index (κ2) is 5.00. The molecule has 0 amide bonds. The van der Waals surface area contributed by atoms with Gasteiger partial charge in [0.1, 0.15) is 0 Å². The molecule has 0 unspecified atom stereocenters. The van der Waals surface area contributed by atoms with Crippen LogP contribution in [0.2, 0.25) is 0 Å². The van der Waals surface area contributed by atoms with Gasteiger partial charge < -0.3 is 4.90 Å². The van der Waals surface area contributed by atoms with Gasteiger partial charge in [0.25, 0.3) is 0 Å². The molecule has 100 valence electrons. The molecule has 1 aliphatic carbocycles. The fourth-order valence-electron chi connectivity index (χ4n) is 2.34. The number of hydrogen-bond donors (Lipinski definition) is 0. The molecule has 0 radical (unpaired) electrons. The maximum absolute atomic E-state index is 12.9. The number of rotatable bonds is 3. The van der Waals surface area contributed by atoms with E-state index in [1.54, 1.807) is 18.0 Å². The van der Waals surface area contributed by atoms with Gasteiger partial charge in [0.05, 0.1) is 5.56 Å². The van der Waals surface area contributed by atoms with Crippen molar-refractivity contribution in [3.63, 3.8) is 0 Å². The predicted octanol–water partition coefficient (Wildman–Crippen LogP) is 4.16. The molecule has 1 nitrogen and oxygen atoms in total. The lowest BCUT2D eigenvalue weighted by Crippen LogP contribution is -2.35. The smallest absolute Gasteiger partial charge is 0.374 e. The molecule has 0 atom stereocenters. The summed E-state index contributed by atoms with van der Waals surface area (Å²) in [6.07, 6.45) is -2.53. The molecular formula is C13H15ClF3N. The summed E-state index contributed by atoms with van der Waals surface area (Å²) < 4.78 is 38.6.